The molecule has 0 heterocycles. The van der Waals surface area contributed by atoms with E-state index >= 15 is 0 Å². The van der Waals surface area contributed by atoms with Gasteiger partial charge in [0.1, 0.15) is 0 Å². The van der Waals surface area contributed by atoms with Crippen LogP contribution < -0.4 is 11.1 Å². The Bertz CT molecular complexity index is 493. The topological polar surface area (TPSA) is 55.1 Å². The fraction of sp³-hybridized carbons (Fsp3) is 0.562. The fourth-order valence-electron chi connectivity index (χ4n) is 2.83. The predicted molar refractivity (Wildman–Crippen MR) is 83.9 cm³/mol. The van der Waals surface area contributed by atoms with Gasteiger partial charge in [0.05, 0.1) is 16.1 Å². The maximum absolute atomic E-state index is 12.6. The average molecular weight is 295 g/mol. The van der Waals surface area contributed by atoms with Gasteiger partial charge in [0.15, 0.2) is 0 Å². The van der Waals surface area contributed by atoms with E-state index < -0.39 is 5.41 Å². The lowest BCUT2D eigenvalue weighted by atomic mass is 9.70. The third-order valence-corrected chi connectivity index (χ3v) is 4.80. The number of rotatable bonds is 3. The highest BCUT2D eigenvalue weighted by molar-refractivity contribution is 6.33. The molecule has 4 heteroatoms. The molecule has 1 aliphatic carbocycles. The van der Waals surface area contributed by atoms with Crippen molar-refractivity contribution in [3.8, 4) is 0 Å². The number of anilines is 1. The molecule has 0 spiro atoms. The Kier molecular flexibility index (Phi) is 4.71. The minimum atomic E-state index is -0.431. The smallest absolute Gasteiger partial charge is 0.231 e. The average Bonchev–Trinajstić information content (AvgIpc) is 2.44. The van der Waals surface area contributed by atoms with Crippen molar-refractivity contribution in [1.29, 1.82) is 0 Å². The van der Waals surface area contributed by atoms with Crippen LogP contribution in [0.2, 0.25) is 5.02 Å². The van der Waals surface area contributed by atoms with E-state index in [4.69, 9.17) is 17.3 Å². The minimum Gasteiger partial charge on any atom is -0.329 e. The molecule has 20 heavy (non-hydrogen) atoms. The third kappa shape index (κ3) is 3.15. The Morgan fingerprint density at radius 2 is 2.10 bits per heavy atom. The first-order valence-electron chi connectivity index (χ1n) is 7.24. The van der Waals surface area contributed by atoms with Crippen molar-refractivity contribution in [2.45, 2.75) is 39.5 Å². The number of aryl methyl sites for hydroxylation is 1. The maximum Gasteiger partial charge on any atom is 0.231 e. The zero-order valence-corrected chi connectivity index (χ0v) is 13.0. The number of benzene rings is 1. The van der Waals surface area contributed by atoms with E-state index in [2.05, 4.69) is 12.2 Å². The molecule has 0 bridgehead atoms. The SMILES string of the molecule is Cc1ccc(Cl)c(NC(=O)C2(CN)CCC(C)CC2)c1. The summed E-state index contributed by atoms with van der Waals surface area (Å²) in [5.74, 6) is 0.699. The van der Waals surface area contributed by atoms with Crippen LogP contribution in [0.5, 0.6) is 0 Å². The van der Waals surface area contributed by atoms with E-state index in [9.17, 15) is 4.79 Å². The van der Waals surface area contributed by atoms with E-state index in [0.29, 0.717) is 23.2 Å². The zero-order chi connectivity index (χ0) is 14.8. The van der Waals surface area contributed by atoms with Crippen molar-refractivity contribution in [2.75, 3.05) is 11.9 Å². The highest BCUT2D eigenvalue weighted by Crippen LogP contribution is 2.39. The van der Waals surface area contributed by atoms with Crippen molar-refractivity contribution in [2.24, 2.45) is 17.1 Å². The van der Waals surface area contributed by atoms with Gasteiger partial charge in [-0.2, -0.15) is 0 Å². The van der Waals surface area contributed by atoms with Crippen molar-refractivity contribution in [1.82, 2.24) is 0 Å². The molecule has 0 saturated heterocycles. The van der Waals surface area contributed by atoms with Crippen LogP contribution in [0.1, 0.15) is 38.2 Å². The van der Waals surface area contributed by atoms with Crippen molar-refractivity contribution < 1.29 is 4.79 Å². The molecule has 0 aliphatic heterocycles. The van der Waals surface area contributed by atoms with Crippen LogP contribution >= 0.6 is 11.6 Å². The number of halogens is 1. The molecule has 3 N–H and O–H groups in total. The first-order chi connectivity index (χ1) is 9.47. The van der Waals surface area contributed by atoms with Crippen molar-refractivity contribution in [3.05, 3.63) is 28.8 Å². The van der Waals surface area contributed by atoms with Crippen LogP contribution in [0.25, 0.3) is 0 Å². The summed E-state index contributed by atoms with van der Waals surface area (Å²) in [4.78, 5) is 12.6. The van der Waals surface area contributed by atoms with Crippen molar-refractivity contribution >= 4 is 23.2 Å². The number of nitrogens with one attached hydrogen (secondary N) is 1. The Balaban J connectivity index is 2.15. The highest BCUT2D eigenvalue weighted by atomic mass is 35.5. The summed E-state index contributed by atoms with van der Waals surface area (Å²) in [5.41, 5.74) is 7.24. The largest absolute Gasteiger partial charge is 0.329 e. The molecule has 1 amide bonds. The second kappa shape index (κ2) is 6.15. The fourth-order valence-corrected chi connectivity index (χ4v) is 2.99. The van der Waals surface area contributed by atoms with Gasteiger partial charge >= 0.3 is 0 Å². The molecule has 0 atom stereocenters. The summed E-state index contributed by atoms with van der Waals surface area (Å²) in [5, 5.41) is 3.55. The molecule has 1 aromatic rings. The van der Waals surface area contributed by atoms with Crippen LogP contribution in [0.3, 0.4) is 0 Å². The zero-order valence-electron chi connectivity index (χ0n) is 12.2. The van der Waals surface area contributed by atoms with Crippen LogP contribution in [-0.2, 0) is 4.79 Å². The third-order valence-electron chi connectivity index (χ3n) is 4.47. The van der Waals surface area contributed by atoms with Crippen LogP contribution in [0.4, 0.5) is 5.69 Å². The molecule has 1 saturated carbocycles. The lowest BCUT2D eigenvalue weighted by Crippen LogP contribution is -2.44. The summed E-state index contributed by atoms with van der Waals surface area (Å²) in [6.07, 6.45) is 3.85. The van der Waals surface area contributed by atoms with E-state index in [1.54, 1.807) is 0 Å². The summed E-state index contributed by atoms with van der Waals surface area (Å²) in [7, 11) is 0. The predicted octanol–water partition coefficient (Wildman–Crippen LogP) is 3.74. The normalized spacial score (nSPS) is 26.3. The van der Waals surface area contributed by atoms with Gasteiger partial charge < -0.3 is 11.1 Å². The lowest BCUT2D eigenvalue weighted by Gasteiger charge is -2.37. The first kappa shape index (κ1) is 15.3. The number of hydrogen-bond donors (Lipinski definition) is 2. The second-order valence-corrected chi connectivity index (χ2v) is 6.51. The van der Waals surface area contributed by atoms with Gasteiger partial charge in [-0.1, -0.05) is 24.6 Å². The molecule has 1 aliphatic rings. The van der Waals surface area contributed by atoms with Gasteiger partial charge in [-0.15, -0.1) is 0 Å². The van der Waals surface area contributed by atoms with Crippen LogP contribution in [0.15, 0.2) is 18.2 Å². The maximum atomic E-state index is 12.6. The van der Waals surface area contributed by atoms with Gasteiger partial charge in [0.2, 0.25) is 5.91 Å². The molecule has 0 aromatic heterocycles. The number of nitrogens with two attached hydrogens (primary N) is 1. The molecular weight excluding hydrogens is 272 g/mol. The molecule has 1 aromatic carbocycles. The molecule has 0 radical (unpaired) electrons. The van der Waals surface area contributed by atoms with Gasteiger partial charge in [-0.3, -0.25) is 4.79 Å². The summed E-state index contributed by atoms with van der Waals surface area (Å²) in [6, 6.07) is 5.64. The number of hydrogen-bond acceptors (Lipinski definition) is 2. The Hall–Kier alpha value is -1.06. The lowest BCUT2D eigenvalue weighted by molar-refractivity contribution is -0.127. The van der Waals surface area contributed by atoms with Crippen LogP contribution in [0, 0.1) is 18.3 Å². The quantitative estimate of drug-likeness (QED) is 0.892. The minimum absolute atomic E-state index is 0.0133. The summed E-state index contributed by atoms with van der Waals surface area (Å²) >= 11 is 6.15. The van der Waals surface area contributed by atoms with Gasteiger partial charge in [-0.05, 0) is 56.2 Å². The molecule has 2 rings (SSSR count). The second-order valence-electron chi connectivity index (χ2n) is 6.10. The van der Waals surface area contributed by atoms with Gasteiger partial charge in [0.25, 0.3) is 0 Å². The Morgan fingerprint density at radius 1 is 1.45 bits per heavy atom. The summed E-state index contributed by atoms with van der Waals surface area (Å²) < 4.78 is 0. The number of carbonyl (C=O) groups is 1. The number of amides is 1. The Morgan fingerprint density at radius 3 is 2.70 bits per heavy atom. The molecule has 1 fully saturated rings. The molecule has 110 valence electrons. The monoisotopic (exact) mass is 294 g/mol. The summed E-state index contributed by atoms with van der Waals surface area (Å²) in [6.45, 7) is 4.61. The molecule has 0 unspecified atom stereocenters. The molecular formula is C16H23ClN2O. The first-order valence-corrected chi connectivity index (χ1v) is 7.62. The Labute approximate surface area is 125 Å². The van der Waals surface area contributed by atoms with Gasteiger partial charge in [0, 0.05) is 6.54 Å². The van der Waals surface area contributed by atoms with E-state index in [1.165, 1.54) is 0 Å². The highest BCUT2D eigenvalue weighted by Gasteiger charge is 2.39. The van der Waals surface area contributed by atoms with E-state index in [-0.39, 0.29) is 5.91 Å². The van der Waals surface area contributed by atoms with Crippen molar-refractivity contribution in [3.63, 3.8) is 0 Å². The van der Waals surface area contributed by atoms with E-state index in [0.717, 1.165) is 31.2 Å². The molecule has 3 nitrogen and oxygen atoms in total. The standard InChI is InChI=1S/C16H23ClN2O/c1-11-5-7-16(10-18,8-6-11)15(20)19-14-9-12(2)3-4-13(14)17/h3-4,9,11H,5-8,10,18H2,1-2H3,(H,19,20). The number of carbonyl (C=O) groups excluding carboxylic acids is 1. The van der Waals surface area contributed by atoms with E-state index in [1.807, 2.05) is 25.1 Å². The van der Waals surface area contributed by atoms with Crippen LogP contribution in [-0.4, -0.2) is 12.5 Å². The van der Waals surface area contributed by atoms with Gasteiger partial charge in [-0.25, -0.2) is 0 Å².